The summed E-state index contributed by atoms with van der Waals surface area (Å²) in [4.78, 5) is 12.5. The Morgan fingerprint density at radius 2 is 2.05 bits per heavy atom. The number of amides is 1. The van der Waals surface area contributed by atoms with E-state index in [0.29, 0.717) is 17.4 Å². The van der Waals surface area contributed by atoms with Crippen LogP contribution in [0, 0.1) is 17.7 Å². The van der Waals surface area contributed by atoms with E-state index >= 15 is 0 Å². The number of carbonyl (C=O) groups is 1. The Kier molecular flexibility index (Phi) is 4.86. The molecule has 0 atom stereocenters. The third-order valence-corrected chi connectivity index (χ3v) is 4.16. The van der Waals surface area contributed by atoms with Crippen LogP contribution >= 0.6 is 12.6 Å². The molecule has 1 aromatic carbocycles. The zero-order chi connectivity index (χ0) is 13.8. The van der Waals surface area contributed by atoms with Crippen molar-refractivity contribution in [1.82, 2.24) is 5.32 Å². The fraction of sp³-hybridized carbons (Fsp3) is 0.533. The first-order chi connectivity index (χ1) is 9.06. The molecule has 1 amide bonds. The zero-order valence-electron chi connectivity index (χ0n) is 11.2. The molecule has 1 fully saturated rings. The molecule has 19 heavy (non-hydrogen) atoms. The highest BCUT2D eigenvalue weighted by molar-refractivity contribution is 7.80. The molecular weight excluding hydrogens is 261 g/mol. The summed E-state index contributed by atoms with van der Waals surface area (Å²) in [7, 11) is 0. The fourth-order valence-corrected chi connectivity index (χ4v) is 2.76. The standard InChI is InChI=1S/C15H20FNOS/c1-10-2-4-11(5-3-10)9-17-15(18)13-8-12(19)6-7-14(13)16/h6-8,10-11,19H,2-5,9H2,1H3,(H,17,18). The van der Waals surface area contributed by atoms with Gasteiger partial charge in [0.2, 0.25) is 0 Å². The first-order valence-electron chi connectivity index (χ1n) is 6.83. The SMILES string of the molecule is CC1CCC(CNC(=O)c2cc(S)ccc2F)CC1. The maximum atomic E-state index is 13.5. The first-order valence-corrected chi connectivity index (χ1v) is 7.27. The monoisotopic (exact) mass is 281 g/mol. The molecule has 0 aromatic heterocycles. The van der Waals surface area contributed by atoms with Gasteiger partial charge in [-0.1, -0.05) is 19.8 Å². The highest BCUT2D eigenvalue weighted by Gasteiger charge is 2.19. The van der Waals surface area contributed by atoms with E-state index in [0.717, 1.165) is 18.8 Å². The first kappa shape index (κ1) is 14.4. The van der Waals surface area contributed by atoms with Crippen molar-refractivity contribution in [2.24, 2.45) is 11.8 Å². The van der Waals surface area contributed by atoms with Crippen LogP contribution in [0.25, 0.3) is 0 Å². The summed E-state index contributed by atoms with van der Waals surface area (Å²) in [5, 5.41) is 2.84. The molecular formula is C15H20FNOS. The van der Waals surface area contributed by atoms with E-state index in [2.05, 4.69) is 24.9 Å². The van der Waals surface area contributed by atoms with E-state index in [-0.39, 0.29) is 11.5 Å². The van der Waals surface area contributed by atoms with Gasteiger partial charge in [0.25, 0.3) is 5.91 Å². The Hall–Kier alpha value is -1.03. The van der Waals surface area contributed by atoms with Crippen molar-refractivity contribution in [3.05, 3.63) is 29.6 Å². The average Bonchev–Trinajstić information content (AvgIpc) is 2.40. The van der Waals surface area contributed by atoms with E-state index in [4.69, 9.17) is 0 Å². The van der Waals surface area contributed by atoms with Gasteiger partial charge in [0, 0.05) is 11.4 Å². The van der Waals surface area contributed by atoms with Crippen molar-refractivity contribution in [2.45, 2.75) is 37.5 Å². The molecule has 1 N–H and O–H groups in total. The lowest BCUT2D eigenvalue weighted by Crippen LogP contribution is -2.31. The molecule has 0 spiro atoms. The summed E-state index contributed by atoms with van der Waals surface area (Å²) in [5.41, 5.74) is 0.0803. The van der Waals surface area contributed by atoms with Crippen LogP contribution in [0.1, 0.15) is 43.0 Å². The van der Waals surface area contributed by atoms with Crippen molar-refractivity contribution in [3.8, 4) is 0 Å². The molecule has 0 aliphatic heterocycles. The van der Waals surface area contributed by atoms with E-state index in [9.17, 15) is 9.18 Å². The van der Waals surface area contributed by atoms with Crippen molar-refractivity contribution in [1.29, 1.82) is 0 Å². The molecule has 0 saturated heterocycles. The highest BCUT2D eigenvalue weighted by Crippen LogP contribution is 2.27. The molecule has 0 bridgehead atoms. The maximum Gasteiger partial charge on any atom is 0.254 e. The van der Waals surface area contributed by atoms with E-state index in [1.807, 2.05) is 0 Å². The second-order valence-corrected chi connectivity index (χ2v) is 6.02. The van der Waals surface area contributed by atoms with E-state index < -0.39 is 5.82 Å². The Bertz CT molecular complexity index is 455. The van der Waals surface area contributed by atoms with Crippen LogP contribution in [0.5, 0.6) is 0 Å². The Labute approximate surface area is 119 Å². The molecule has 1 aromatic rings. The molecule has 104 valence electrons. The minimum atomic E-state index is -0.493. The van der Waals surface area contributed by atoms with Crippen molar-refractivity contribution in [2.75, 3.05) is 6.54 Å². The van der Waals surface area contributed by atoms with Crippen LogP contribution in [0.15, 0.2) is 23.1 Å². The van der Waals surface area contributed by atoms with E-state index in [1.165, 1.54) is 31.0 Å². The van der Waals surface area contributed by atoms with Crippen LogP contribution in [-0.2, 0) is 0 Å². The van der Waals surface area contributed by atoms with Gasteiger partial charge in [-0.3, -0.25) is 4.79 Å². The lowest BCUT2D eigenvalue weighted by molar-refractivity contribution is 0.0937. The number of halogens is 1. The maximum absolute atomic E-state index is 13.5. The second kappa shape index (κ2) is 6.42. The molecule has 1 aliphatic carbocycles. The third kappa shape index (κ3) is 3.96. The summed E-state index contributed by atoms with van der Waals surface area (Å²) >= 11 is 4.13. The Morgan fingerprint density at radius 1 is 1.37 bits per heavy atom. The van der Waals surface area contributed by atoms with Crippen LogP contribution < -0.4 is 5.32 Å². The molecule has 0 heterocycles. The minimum absolute atomic E-state index is 0.0803. The zero-order valence-corrected chi connectivity index (χ0v) is 12.1. The van der Waals surface area contributed by atoms with Gasteiger partial charge in [-0.2, -0.15) is 0 Å². The fourth-order valence-electron chi connectivity index (χ4n) is 2.55. The van der Waals surface area contributed by atoms with Crippen LogP contribution in [-0.4, -0.2) is 12.5 Å². The van der Waals surface area contributed by atoms with Crippen molar-refractivity contribution < 1.29 is 9.18 Å². The normalized spacial score (nSPS) is 23.1. The number of carbonyl (C=O) groups excluding carboxylic acids is 1. The van der Waals surface area contributed by atoms with E-state index in [1.54, 1.807) is 0 Å². The van der Waals surface area contributed by atoms with Crippen molar-refractivity contribution in [3.63, 3.8) is 0 Å². The molecule has 0 unspecified atom stereocenters. The number of thiol groups is 1. The lowest BCUT2D eigenvalue weighted by Gasteiger charge is -2.26. The molecule has 2 rings (SSSR count). The van der Waals surface area contributed by atoms with Gasteiger partial charge >= 0.3 is 0 Å². The quantitative estimate of drug-likeness (QED) is 0.813. The van der Waals surface area contributed by atoms with Crippen LogP contribution in [0.2, 0.25) is 0 Å². The summed E-state index contributed by atoms with van der Waals surface area (Å²) < 4.78 is 13.5. The highest BCUT2D eigenvalue weighted by atomic mass is 32.1. The van der Waals surface area contributed by atoms with Gasteiger partial charge < -0.3 is 5.32 Å². The summed E-state index contributed by atoms with van der Waals surface area (Å²) in [6, 6.07) is 4.29. The summed E-state index contributed by atoms with van der Waals surface area (Å²) in [5.74, 6) is 0.493. The van der Waals surface area contributed by atoms with Crippen LogP contribution in [0.3, 0.4) is 0 Å². The average molecular weight is 281 g/mol. The van der Waals surface area contributed by atoms with Gasteiger partial charge in [0.15, 0.2) is 0 Å². The molecule has 2 nitrogen and oxygen atoms in total. The predicted molar refractivity (Wildman–Crippen MR) is 77.1 cm³/mol. The summed E-state index contributed by atoms with van der Waals surface area (Å²) in [6.07, 6.45) is 4.75. The molecule has 4 heteroatoms. The predicted octanol–water partition coefficient (Wildman–Crippen LogP) is 3.67. The molecule has 1 aliphatic rings. The molecule has 0 radical (unpaired) electrons. The van der Waals surface area contributed by atoms with Gasteiger partial charge in [-0.25, -0.2) is 4.39 Å². The second-order valence-electron chi connectivity index (χ2n) is 5.50. The van der Waals surface area contributed by atoms with Crippen LogP contribution in [0.4, 0.5) is 4.39 Å². The summed E-state index contributed by atoms with van der Waals surface area (Å²) in [6.45, 7) is 2.91. The topological polar surface area (TPSA) is 29.1 Å². The number of rotatable bonds is 3. The number of hydrogen-bond donors (Lipinski definition) is 2. The Morgan fingerprint density at radius 3 is 2.74 bits per heavy atom. The smallest absolute Gasteiger partial charge is 0.254 e. The lowest BCUT2D eigenvalue weighted by atomic mass is 9.83. The minimum Gasteiger partial charge on any atom is -0.352 e. The number of hydrogen-bond acceptors (Lipinski definition) is 2. The third-order valence-electron chi connectivity index (χ3n) is 3.88. The van der Waals surface area contributed by atoms with Gasteiger partial charge in [0.05, 0.1) is 5.56 Å². The van der Waals surface area contributed by atoms with Gasteiger partial charge in [-0.05, 0) is 42.9 Å². The number of benzene rings is 1. The van der Waals surface area contributed by atoms with Crippen molar-refractivity contribution >= 4 is 18.5 Å². The number of nitrogens with one attached hydrogen (secondary N) is 1. The Balaban J connectivity index is 1.89. The largest absolute Gasteiger partial charge is 0.352 e. The van der Waals surface area contributed by atoms with Gasteiger partial charge in [-0.15, -0.1) is 12.6 Å². The van der Waals surface area contributed by atoms with Gasteiger partial charge in [0.1, 0.15) is 5.82 Å². The molecule has 1 saturated carbocycles.